The second-order valence-electron chi connectivity index (χ2n) is 5.68. The molecule has 1 atom stereocenters. The van der Waals surface area contributed by atoms with Gasteiger partial charge in [-0.1, -0.05) is 6.92 Å². The average Bonchev–Trinajstić information content (AvgIpc) is 2.53. The van der Waals surface area contributed by atoms with E-state index in [0.29, 0.717) is 17.9 Å². The molecule has 1 saturated heterocycles. The molecule has 1 unspecified atom stereocenters. The van der Waals surface area contributed by atoms with Crippen LogP contribution in [-0.2, 0) is 0 Å². The van der Waals surface area contributed by atoms with Crippen LogP contribution in [0.1, 0.15) is 20.3 Å². The van der Waals surface area contributed by atoms with Gasteiger partial charge in [0.2, 0.25) is 17.8 Å². The Bertz CT molecular complexity index is 455. The van der Waals surface area contributed by atoms with Crippen molar-refractivity contribution in [1.82, 2.24) is 19.9 Å². The first-order chi connectivity index (χ1) is 10.0. The molecule has 118 valence electrons. The van der Waals surface area contributed by atoms with Crippen LogP contribution in [0.2, 0.25) is 0 Å². The lowest BCUT2D eigenvalue weighted by atomic mass is 10.2. The van der Waals surface area contributed by atoms with E-state index in [-0.39, 0.29) is 0 Å². The standard InChI is InChI=1S/C14H27N7/c1-6-11(2)20-7-9-21(10-8-20)14-17-12(15-3)16-13(18-14)19(4)5/h11H,6-10H2,1-5H3,(H,15,16,17,18). The van der Waals surface area contributed by atoms with Crippen molar-refractivity contribution in [2.75, 3.05) is 62.4 Å². The fraction of sp³-hybridized carbons (Fsp3) is 0.786. The Morgan fingerprint density at radius 3 is 2.33 bits per heavy atom. The molecule has 0 spiro atoms. The van der Waals surface area contributed by atoms with Crippen molar-refractivity contribution in [1.29, 1.82) is 0 Å². The molecular formula is C14H27N7. The molecule has 1 aromatic heterocycles. The fourth-order valence-corrected chi connectivity index (χ4v) is 2.43. The van der Waals surface area contributed by atoms with Crippen LogP contribution in [0.5, 0.6) is 0 Å². The molecule has 0 amide bonds. The van der Waals surface area contributed by atoms with Gasteiger partial charge < -0.3 is 15.1 Å². The number of hydrogen-bond acceptors (Lipinski definition) is 7. The number of piperazine rings is 1. The first-order valence-electron chi connectivity index (χ1n) is 7.65. The summed E-state index contributed by atoms with van der Waals surface area (Å²) in [4.78, 5) is 20.1. The number of rotatable bonds is 5. The Morgan fingerprint density at radius 2 is 1.81 bits per heavy atom. The fourth-order valence-electron chi connectivity index (χ4n) is 2.43. The van der Waals surface area contributed by atoms with E-state index in [1.54, 1.807) is 0 Å². The minimum atomic E-state index is 0.619. The highest BCUT2D eigenvalue weighted by molar-refractivity contribution is 5.44. The first kappa shape index (κ1) is 15.8. The molecule has 0 aliphatic carbocycles. The average molecular weight is 293 g/mol. The summed E-state index contributed by atoms with van der Waals surface area (Å²) < 4.78 is 0. The van der Waals surface area contributed by atoms with E-state index in [0.717, 1.165) is 32.1 Å². The highest BCUT2D eigenvalue weighted by atomic mass is 15.4. The van der Waals surface area contributed by atoms with E-state index in [9.17, 15) is 0 Å². The summed E-state index contributed by atoms with van der Waals surface area (Å²) in [5, 5.41) is 3.01. The third-order valence-electron chi connectivity index (χ3n) is 4.05. The van der Waals surface area contributed by atoms with Crippen molar-refractivity contribution < 1.29 is 0 Å². The van der Waals surface area contributed by atoms with Gasteiger partial charge >= 0.3 is 0 Å². The molecule has 0 radical (unpaired) electrons. The van der Waals surface area contributed by atoms with Gasteiger partial charge in [-0.05, 0) is 13.3 Å². The molecule has 1 fully saturated rings. The highest BCUT2D eigenvalue weighted by Gasteiger charge is 2.22. The molecule has 1 N–H and O–H groups in total. The lowest BCUT2D eigenvalue weighted by Gasteiger charge is -2.37. The van der Waals surface area contributed by atoms with Crippen molar-refractivity contribution >= 4 is 17.8 Å². The van der Waals surface area contributed by atoms with E-state index in [1.165, 1.54) is 6.42 Å². The van der Waals surface area contributed by atoms with E-state index in [2.05, 4.69) is 43.9 Å². The zero-order valence-corrected chi connectivity index (χ0v) is 13.8. The van der Waals surface area contributed by atoms with Crippen molar-refractivity contribution in [3.8, 4) is 0 Å². The first-order valence-corrected chi connectivity index (χ1v) is 7.65. The van der Waals surface area contributed by atoms with Gasteiger partial charge in [0.05, 0.1) is 0 Å². The van der Waals surface area contributed by atoms with Gasteiger partial charge in [-0.2, -0.15) is 15.0 Å². The maximum absolute atomic E-state index is 4.57. The predicted octanol–water partition coefficient (Wildman–Crippen LogP) is 0.900. The molecule has 0 saturated carbocycles. The summed E-state index contributed by atoms with van der Waals surface area (Å²) >= 11 is 0. The Hall–Kier alpha value is -1.63. The molecule has 2 rings (SSSR count). The highest BCUT2D eigenvalue weighted by Crippen LogP contribution is 2.17. The van der Waals surface area contributed by atoms with Crippen LogP contribution in [0.25, 0.3) is 0 Å². The van der Waals surface area contributed by atoms with Crippen LogP contribution >= 0.6 is 0 Å². The van der Waals surface area contributed by atoms with E-state index >= 15 is 0 Å². The van der Waals surface area contributed by atoms with Gasteiger partial charge in [-0.3, -0.25) is 4.90 Å². The second kappa shape index (κ2) is 6.89. The van der Waals surface area contributed by atoms with Gasteiger partial charge in [0.1, 0.15) is 0 Å². The molecule has 0 bridgehead atoms. The monoisotopic (exact) mass is 293 g/mol. The van der Waals surface area contributed by atoms with Crippen molar-refractivity contribution in [3.05, 3.63) is 0 Å². The largest absolute Gasteiger partial charge is 0.357 e. The molecule has 7 nitrogen and oxygen atoms in total. The summed E-state index contributed by atoms with van der Waals surface area (Å²) in [6, 6.07) is 0.649. The summed E-state index contributed by atoms with van der Waals surface area (Å²) in [6.07, 6.45) is 1.19. The SMILES string of the molecule is CCC(C)N1CCN(c2nc(NC)nc(N(C)C)n2)CC1. The maximum atomic E-state index is 4.57. The van der Waals surface area contributed by atoms with Crippen LogP contribution in [0.15, 0.2) is 0 Å². The lowest BCUT2D eigenvalue weighted by molar-refractivity contribution is 0.192. The molecule has 1 aromatic rings. The summed E-state index contributed by atoms with van der Waals surface area (Å²) in [5.41, 5.74) is 0. The molecular weight excluding hydrogens is 266 g/mol. The molecule has 0 aromatic carbocycles. The Morgan fingerprint density at radius 1 is 1.14 bits per heavy atom. The summed E-state index contributed by atoms with van der Waals surface area (Å²) in [7, 11) is 5.72. The minimum absolute atomic E-state index is 0.619. The van der Waals surface area contributed by atoms with Crippen LogP contribution in [0.4, 0.5) is 17.8 Å². The molecule has 2 heterocycles. The number of nitrogens with zero attached hydrogens (tertiary/aromatic N) is 6. The van der Waals surface area contributed by atoms with Gasteiger partial charge in [0.15, 0.2) is 0 Å². The van der Waals surface area contributed by atoms with Gasteiger partial charge in [0, 0.05) is 53.4 Å². The van der Waals surface area contributed by atoms with Crippen molar-refractivity contribution in [3.63, 3.8) is 0 Å². The minimum Gasteiger partial charge on any atom is -0.357 e. The third kappa shape index (κ3) is 3.72. The normalized spacial score (nSPS) is 17.7. The second-order valence-corrected chi connectivity index (χ2v) is 5.68. The number of nitrogens with one attached hydrogen (secondary N) is 1. The van der Waals surface area contributed by atoms with Crippen LogP contribution in [0, 0.1) is 0 Å². The van der Waals surface area contributed by atoms with Gasteiger partial charge in [-0.25, -0.2) is 0 Å². The smallest absolute Gasteiger partial charge is 0.232 e. The molecule has 1 aliphatic rings. The summed E-state index contributed by atoms with van der Waals surface area (Å²) in [6.45, 7) is 8.59. The summed E-state index contributed by atoms with van der Waals surface area (Å²) in [5.74, 6) is 2.07. The van der Waals surface area contributed by atoms with Gasteiger partial charge in [0.25, 0.3) is 0 Å². The van der Waals surface area contributed by atoms with Crippen molar-refractivity contribution in [2.24, 2.45) is 0 Å². The number of aromatic nitrogens is 3. The van der Waals surface area contributed by atoms with Crippen LogP contribution in [0.3, 0.4) is 0 Å². The van der Waals surface area contributed by atoms with E-state index in [1.807, 2.05) is 26.0 Å². The molecule has 7 heteroatoms. The Labute approximate surface area is 127 Å². The molecule has 21 heavy (non-hydrogen) atoms. The molecule has 1 aliphatic heterocycles. The third-order valence-corrected chi connectivity index (χ3v) is 4.05. The quantitative estimate of drug-likeness (QED) is 0.865. The van der Waals surface area contributed by atoms with E-state index in [4.69, 9.17) is 0 Å². The van der Waals surface area contributed by atoms with Crippen LogP contribution < -0.4 is 15.1 Å². The predicted molar refractivity (Wildman–Crippen MR) is 87.2 cm³/mol. The topological polar surface area (TPSA) is 60.4 Å². The number of anilines is 3. The Balaban J connectivity index is 2.10. The zero-order valence-electron chi connectivity index (χ0n) is 13.8. The maximum Gasteiger partial charge on any atom is 0.232 e. The number of hydrogen-bond donors (Lipinski definition) is 1. The van der Waals surface area contributed by atoms with E-state index < -0.39 is 0 Å². The van der Waals surface area contributed by atoms with Crippen LogP contribution in [-0.4, -0.2) is 73.2 Å². The lowest BCUT2D eigenvalue weighted by Crippen LogP contribution is -2.50. The van der Waals surface area contributed by atoms with Crippen molar-refractivity contribution in [2.45, 2.75) is 26.3 Å². The Kier molecular flexibility index (Phi) is 5.17. The van der Waals surface area contributed by atoms with Gasteiger partial charge in [-0.15, -0.1) is 0 Å². The zero-order chi connectivity index (χ0) is 15.4.